The quantitative estimate of drug-likeness (QED) is 0.797. The first-order chi connectivity index (χ1) is 12.0. The largest absolute Gasteiger partial charge is 0.368 e. The number of amides is 4. The van der Waals surface area contributed by atoms with Crippen molar-refractivity contribution in [3.63, 3.8) is 0 Å². The molecule has 0 saturated carbocycles. The maximum absolute atomic E-state index is 12.4. The van der Waals surface area contributed by atoms with Crippen LogP contribution < -0.4 is 15.5 Å². The van der Waals surface area contributed by atoms with Crippen LogP contribution in [0, 0.1) is 13.8 Å². The molecule has 2 N–H and O–H groups in total. The Kier molecular flexibility index (Phi) is 4.92. The fourth-order valence-electron chi connectivity index (χ4n) is 3.36. The smallest absolute Gasteiger partial charge is 0.322 e. The van der Waals surface area contributed by atoms with Gasteiger partial charge in [0.1, 0.15) is 6.04 Å². The first-order valence-electron chi connectivity index (χ1n) is 8.66. The minimum Gasteiger partial charge on any atom is -0.368 e. The molecule has 1 unspecified atom stereocenters. The standard InChI is InChI=1S/C18H24N4O3/c1-12-4-3-5-15(13(12)2)21-8-10-22(11-9-21)16(23)7-6-14-17(24)20-18(25)19-14/h3-5,14H,6-11H2,1-2H3,(H2,19,20,24,25). The lowest BCUT2D eigenvalue weighted by molar-refractivity contribution is -0.131. The molecule has 1 aromatic rings. The lowest BCUT2D eigenvalue weighted by atomic mass is 10.1. The van der Waals surface area contributed by atoms with Gasteiger partial charge in [0.15, 0.2) is 0 Å². The van der Waals surface area contributed by atoms with Crippen molar-refractivity contribution < 1.29 is 14.4 Å². The number of benzene rings is 1. The Bertz CT molecular complexity index is 696. The van der Waals surface area contributed by atoms with Gasteiger partial charge >= 0.3 is 6.03 Å². The van der Waals surface area contributed by atoms with E-state index in [0.717, 1.165) is 13.1 Å². The highest BCUT2D eigenvalue weighted by Crippen LogP contribution is 2.24. The summed E-state index contributed by atoms with van der Waals surface area (Å²) in [5.74, 6) is -0.313. The Hall–Kier alpha value is -2.57. The van der Waals surface area contributed by atoms with Crippen LogP contribution in [0.4, 0.5) is 10.5 Å². The highest BCUT2D eigenvalue weighted by atomic mass is 16.2. The van der Waals surface area contributed by atoms with Gasteiger partial charge in [0.05, 0.1) is 0 Å². The minimum absolute atomic E-state index is 0.0366. The number of imide groups is 1. The van der Waals surface area contributed by atoms with Crippen molar-refractivity contribution in [3.05, 3.63) is 29.3 Å². The Labute approximate surface area is 147 Å². The average molecular weight is 344 g/mol. The van der Waals surface area contributed by atoms with Crippen molar-refractivity contribution in [1.82, 2.24) is 15.5 Å². The van der Waals surface area contributed by atoms with Crippen LogP contribution in [0.3, 0.4) is 0 Å². The molecule has 134 valence electrons. The lowest BCUT2D eigenvalue weighted by Gasteiger charge is -2.37. The first kappa shape index (κ1) is 17.3. The third-order valence-electron chi connectivity index (χ3n) is 5.05. The summed E-state index contributed by atoms with van der Waals surface area (Å²) < 4.78 is 0. The molecule has 2 heterocycles. The Morgan fingerprint density at radius 3 is 2.52 bits per heavy atom. The number of anilines is 1. The summed E-state index contributed by atoms with van der Waals surface area (Å²) in [4.78, 5) is 39.1. The lowest BCUT2D eigenvalue weighted by Crippen LogP contribution is -2.49. The zero-order valence-corrected chi connectivity index (χ0v) is 14.7. The van der Waals surface area contributed by atoms with Crippen LogP contribution in [0.25, 0.3) is 0 Å². The number of nitrogens with zero attached hydrogens (tertiary/aromatic N) is 2. The Balaban J connectivity index is 1.50. The van der Waals surface area contributed by atoms with Crippen molar-refractivity contribution >= 4 is 23.5 Å². The summed E-state index contributed by atoms with van der Waals surface area (Å²) in [6.45, 7) is 7.19. The van der Waals surface area contributed by atoms with Gasteiger partial charge in [-0.05, 0) is 37.5 Å². The van der Waals surface area contributed by atoms with Crippen LogP contribution >= 0.6 is 0 Å². The number of urea groups is 1. The molecule has 0 aliphatic carbocycles. The number of hydrogen-bond donors (Lipinski definition) is 2. The van der Waals surface area contributed by atoms with E-state index in [1.54, 1.807) is 0 Å². The second-order valence-electron chi connectivity index (χ2n) is 6.64. The molecule has 2 aliphatic heterocycles. The van der Waals surface area contributed by atoms with Crippen LogP contribution in [0.15, 0.2) is 18.2 Å². The average Bonchev–Trinajstić information content (AvgIpc) is 2.93. The molecular weight excluding hydrogens is 320 g/mol. The van der Waals surface area contributed by atoms with Crippen LogP contribution in [-0.4, -0.2) is 55.0 Å². The van der Waals surface area contributed by atoms with Crippen molar-refractivity contribution in [2.75, 3.05) is 31.1 Å². The third kappa shape index (κ3) is 3.75. The maximum Gasteiger partial charge on any atom is 0.322 e. The van der Waals surface area contributed by atoms with E-state index in [9.17, 15) is 14.4 Å². The van der Waals surface area contributed by atoms with Crippen molar-refractivity contribution in [3.8, 4) is 0 Å². The van der Waals surface area contributed by atoms with Gasteiger partial charge in [-0.2, -0.15) is 0 Å². The molecule has 0 bridgehead atoms. The summed E-state index contributed by atoms with van der Waals surface area (Å²) in [7, 11) is 0. The molecule has 3 rings (SSSR count). The minimum atomic E-state index is -0.590. The predicted molar refractivity (Wildman–Crippen MR) is 94.4 cm³/mol. The molecule has 1 aromatic carbocycles. The SMILES string of the molecule is Cc1cccc(N2CCN(C(=O)CCC3NC(=O)NC3=O)CC2)c1C. The first-order valence-corrected chi connectivity index (χ1v) is 8.66. The molecule has 1 atom stereocenters. The van der Waals surface area contributed by atoms with Gasteiger partial charge < -0.3 is 15.1 Å². The summed E-state index contributed by atoms with van der Waals surface area (Å²) >= 11 is 0. The van der Waals surface area contributed by atoms with Gasteiger partial charge in [-0.25, -0.2) is 4.79 Å². The number of piperazine rings is 1. The van der Waals surface area contributed by atoms with E-state index in [-0.39, 0.29) is 18.2 Å². The van der Waals surface area contributed by atoms with Crippen LogP contribution in [0.5, 0.6) is 0 Å². The van der Waals surface area contributed by atoms with E-state index in [2.05, 4.69) is 47.6 Å². The second-order valence-corrected chi connectivity index (χ2v) is 6.64. The predicted octanol–water partition coefficient (Wildman–Crippen LogP) is 0.940. The molecule has 0 aromatic heterocycles. The number of nitrogens with one attached hydrogen (secondary N) is 2. The van der Waals surface area contributed by atoms with E-state index in [4.69, 9.17) is 0 Å². The number of aryl methyl sites for hydroxylation is 1. The van der Waals surface area contributed by atoms with Gasteiger partial charge in [0.25, 0.3) is 5.91 Å². The van der Waals surface area contributed by atoms with E-state index in [1.807, 2.05) is 4.90 Å². The molecule has 0 radical (unpaired) electrons. The summed E-state index contributed by atoms with van der Waals surface area (Å²) in [5.41, 5.74) is 3.79. The van der Waals surface area contributed by atoms with Gasteiger partial charge in [0.2, 0.25) is 5.91 Å². The maximum atomic E-state index is 12.4. The van der Waals surface area contributed by atoms with Gasteiger partial charge in [-0.1, -0.05) is 12.1 Å². The van der Waals surface area contributed by atoms with Crippen molar-refractivity contribution in [2.45, 2.75) is 32.7 Å². The molecule has 7 heteroatoms. The van der Waals surface area contributed by atoms with Crippen molar-refractivity contribution in [2.24, 2.45) is 0 Å². The highest BCUT2D eigenvalue weighted by Gasteiger charge is 2.30. The Morgan fingerprint density at radius 1 is 1.16 bits per heavy atom. The van der Waals surface area contributed by atoms with Crippen LogP contribution in [0.1, 0.15) is 24.0 Å². The molecule has 0 spiro atoms. The third-order valence-corrected chi connectivity index (χ3v) is 5.05. The fraction of sp³-hybridized carbons (Fsp3) is 0.500. The van der Waals surface area contributed by atoms with Gasteiger partial charge in [-0.3, -0.25) is 14.9 Å². The van der Waals surface area contributed by atoms with E-state index in [1.165, 1.54) is 16.8 Å². The van der Waals surface area contributed by atoms with Gasteiger partial charge in [0, 0.05) is 38.3 Å². The normalized spacial score (nSPS) is 20.5. The molecule has 7 nitrogen and oxygen atoms in total. The van der Waals surface area contributed by atoms with Gasteiger partial charge in [-0.15, -0.1) is 0 Å². The molecule has 2 fully saturated rings. The molecule has 2 aliphatic rings. The van der Waals surface area contributed by atoms with Crippen molar-refractivity contribution in [1.29, 1.82) is 0 Å². The summed E-state index contributed by atoms with van der Waals surface area (Å²) in [6, 6.07) is 5.23. The highest BCUT2D eigenvalue weighted by molar-refractivity contribution is 6.04. The van der Waals surface area contributed by atoms with E-state index in [0.29, 0.717) is 19.5 Å². The topological polar surface area (TPSA) is 81.8 Å². The Morgan fingerprint density at radius 2 is 1.88 bits per heavy atom. The van der Waals surface area contributed by atoms with E-state index >= 15 is 0 Å². The molecule has 25 heavy (non-hydrogen) atoms. The number of carbonyl (C=O) groups excluding carboxylic acids is 3. The monoisotopic (exact) mass is 344 g/mol. The number of rotatable bonds is 4. The summed E-state index contributed by atoms with van der Waals surface area (Å²) in [6.07, 6.45) is 0.607. The second kappa shape index (κ2) is 7.13. The fourth-order valence-corrected chi connectivity index (χ4v) is 3.36. The molecule has 2 saturated heterocycles. The van der Waals surface area contributed by atoms with Crippen LogP contribution in [0.2, 0.25) is 0 Å². The zero-order chi connectivity index (χ0) is 18.0. The summed E-state index contributed by atoms with van der Waals surface area (Å²) in [5, 5.41) is 4.71. The number of carbonyl (C=O) groups is 3. The molecular formula is C18H24N4O3. The molecule has 4 amide bonds. The number of hydrogen-bond acceptors (Lipinski definition) is 4. The van der Waals surface area contributed by atoms with Crippen LogP contribution in [-0.2, 0) is 9.59 Å². The van der Waals surface area contributed by atoms with E-state index < -0.39 is 12.1 Å². The zero-order valence-electron chi connectivity index (χ0n) is 14.7.